The smallest absolute Gasteiger partial charge is 0.243 e. The minimum atomic E-state index is -0.842. The zero-order chi connectivity index (χ0) is 15.3. The van der Waals surface area contributed by atoms with Crippen LogP contribution in [0.25, 0.3) is 0 Å². The SMILES string of the molecule is COCCN(C)CC(NC1CC1)(C(N)=O)c1ccccc1. The highest BCUT2D eigenvalue weighted by molar-refractivity contribution is 5.86. The van der Waals surface area contributed by atoms with Crippen molar-refractivity contribution in [1.29, 1.82) is 0 Å². The third kappa shape index (κ3) is 4.03. The van der Waals surface area contributed by atoms with E-state index in [0.717, 1.165) is 24.9 Å². The standard InChI is InChI=1S/C16H25N3O2/c1-19(10-11-21-2)12-16(15(17)20,18-14-8-9-14)13-6-4-3-5-7-13/h3-7,14,18H,8-12H2,1-2H3,(H2,17,20). The monoisotopic (exact) mass is 291 g/mol. The zero-order valence-electron chi connectivity index (χ0n) is 12.8. The van der Waals surface area contributed by atoms with E-state index in [1.165, 1.54) is 0 Å². The van der Waals surface area contributed by atoms with Crippen LogP contribution in [0.2, 0.25) is 0 Å². The number of rotatable bonds is 9. The fraction of sp³-hybridized carbons (Fsp3) is 0.562. The Hall–Kier alpha value is -1.43. The van der Waals surface area contributed by atoms with Crippen LogP contribution in [-0.2, 0) is 15.1 Å². The Morgan fingerprint density at radius 2 is 2.10 bits per heavy atom. The van der Waals surface area contributed by atoms with Gasteiger partial charge in [-0.15, -0.1) is 0 Å². The lowest BCUT2D eigenvalue weighted by atomic mass is 9.88. The summed E-state index contributed by atoms with van der Waals surface area (Å²) in [5, 5.41) is 3.47. The number of nitrogens with zero attached hydrogens (tertiary/aromatic N) is 1. The molecule has 1 aromatic carbocycles. The molecule has 0 aliphatic heterocycles. The number of hydrogen-bond donors (Lipinski definition) is 2. The lowest BCUT2D eigenvalue weighted by Crippen LogP contribution is -2.59. The number of ether oxygens (including phenoxy) is 1. The second kappa shape index (κ2) is 7.02. The summed E-state index contributed by atoms with van der Waals surface area (Å²) >= 11 is 0. The Kier molecular flexibility index (Phi) is 5.33. The average molecular weight is 291 g/mol. The number of methoxy groups -OCH3 is 1. The Morgan fingerprint density at radius 1 is 1.43 bits per heavy atom. The Morgan fingerprint density at radius 3 is 2.62 bits per heavy atom. The van der Waals surface area contributed by atoms with Gasteiger partial charge in [0.05, 0.1) is 6.61 Å². The van der Waals surface area contributed by atoms with E-state index in [1.54, 1.807) is 7.11 Å². The summed E-state index contributed by atoms with van der Waals surface area (Å²) in [5.41, 5.74) is 5.88. The predicted molar refractivity (Wildman–Crippen MR) is 82.8 cm³/mol. The van der Waals surface area contributed by atoms with Crippen LogP contribution in [0.15, 0.2) is 30.3 Å². The van der Waals surface area contributed by atoms with Gasteiger partial charge >= 0.3 is 0 Å². The van der Waals surface area contributed by atoms with Gasteiger partial charge in [0.2, 0.25) is 5.91 Å². The van der Waals surface area contributed by atoms with Crippen LogP contribution in [0.5, 0.6) is 0 Å². The molecular weight excluding hydrogens is 266 g/mol. The normalized spacial score (nSPS) is 17.7. The third-order valence-corrected chi connectivity index (χ3v) is 3.90. The molecule has 0 heterocycles. The molecule has 0 spiro atoms. The van der Waals surface area contributed by atoms with E-state index in [2.05, 4.69) is 10.2 Å². The first kappa shape index (κ1) is 15.9. The molecule has 3 N–H and O–H groups in total. The van der Waals surface area contributed by atoms with Crippen LogP contribution in [0.4, 0.5) is 0 Å². The Bertz CT molecular complexity index is 462. The maximum atomic E-state index is 12.3. The summed E-state index contributed by atoms with van der Waals surface area (Å²) in [6.45, 7) is 1.92. The molecule has 1 aromatic rings. The molecule has 1 amide bonds. The molecule has 21 heavy (non-hydrogen) atoms. The van der Waals surface area contributed by atoms with Gasteiger partial charge in [0.1, 0.15) is 5.54 Å². The van der Waals surface area contributed by atoms with Crippen molar-refractivity contribution in [2.45, 2.75) is 24.4 Å². The van der Waals surface area contributed by atoms with Crippen molar-refractivity contribution in [1.82, 2.24) is 10.2 Å². The zero-order valence-corrected chi connectivity index (χ0v) is 12.8. The van der Waals surface area contributed by atoms with E-state index in [4.69, 9.17) is 10.5 Å². The summed E-state index contributed by atoms with van der Waals surface area (Å²) < 4.78 is 5.11. The van der Waals surface area contributed by atoms with Crippen molar-refractivity contribution in [2.24, 2.45) is 5.73 Å². The molecule has 0 radical (unpaired) electrons. The minimum Gasteiger partial charge on any atom is -0.383 e. The average Bonchev–Trinajstić information content (AvgIpc) is 3.29. The molecule has 2 rings (SSSR count). The number of nitrogens with two attached hydrogens (primary N) is 1. The molecule has 0 aromatic heterocycles. The van der Waals surface area contributed by atoms with E-state index in [-0.39, 0.29) is 5.91 Å². The maximum absolute atomic E-state index is 12.3. The summed E-state index contributed by atoms with van der Waals surface area (Å²) in [7, 11) is 3.66. The quantitative estimate of drug-likeness (QED) is 0.703. The van der Waals surface area contributed by atoms with Gasteiger partial charge in [-0.2, -0.15) is 0 Å². The predicted octanol–water partition coefficient (Wildman–Crippen LogP) is 0.697. The van der Waals surface area contributed by atoms with Crippen molar-refractivity contribution in [2.75, 3.05) is 33.9 Å². The molecule has 5 nitrogen and oxygen atoms in total. The first-order chi connectivity index (χ1) is 10.1. The fourth-order valence-corrected chi connectivity index (χ4v) is 2.54. The van der Waals surface area contributed by atoms with E-state index in [1.807, 2.05) is 37.4 Å². The number of benzene rings is 1. The third-order valence-electron chi connectivity index (χ3n) is 3.90. The molecule has 1 aliphatic rings. The molecule has 1 unspecified atom stereocenters. The molecule has 1 atom stereocenters. The molecule has 1 aliphatic carbocycles. The largest absolute Gasteiger partial charge is 0.383 e. The minimum absolute atomic E-state index is 0.329. The first-order valence-electron chi connectivity index (χ1n) is 7.39. The van der Waals surface area contributed by atoms with Crippen LogP contribution >= 0.6 is 0 Å². The molecule has 0 saturated heterocycles. The van der Waals surface area contributed by atoms with Crippen LogP contribution in [0, 0.1) is 0 Å². The van der Waals surface area contributed by atoms with Crippen molar-refractivity contribution in [3.8, 4) is 0 Å². The molecule has 5 heteroatoms. The highest BCUT2D eigenvalue weighted by atomic mass is 16.5. The number of likely N-dealkylation sites (N-methyl/N-ethyl adjacent to an activating group) is 1. The van der Waals surface area contributed by atoms with Gasteiger partial charge < -0.3 is 15.4 Å². The second-order valence-corrected chi connectivity index (χ2v) is 5.78. The van der Waals surface area contributed by atoms with Crippen molar-refractivity contribution < 1.29 is 9.53 Å². The lowest BCUT2D eigenvalue weighted by Gasteiger charge is -2.36. The van der Waals surface area contributed by atoms with Crippen LogP contribution in [-0.4, -0.2) is 50.7 Å². The van der Waals surface area contributed by atoms with E-state index in [0.29, 0.717) is 19.2 Å². The number of carbonyl (C=O) groups is 1. The van der Waals surface area contributed by atoms with Gasteiger partial charge in [-0.05, 0) is 25.5 Å². The number of primary amides is 1. The lowest BCUT2D eigenvalue weighted by molar-refractivity contribution is -0.125. The van der Waals surface area contributed by atoms with Crippen LogP contribution in [0.1, 0.15) is 18.4 Å². The number of amides is 1. The topological polar surface area (TPSA) is 67.6 Å². The number of nitrogens with one attached hydrogen (secondary N) is 1. The first-order valence-corrected chi connectivity index (χ1v) is 7.39. The molecular formula is C16H25N3O2. The molecule has 1 saturated carbocycles. The van der Waals surface area contributed by atoms with Crippen LogP contribution < -0.4 is 11.1 Å². The van der Waals surface area contributed by atoms with Crippen molar-refractivity contribution >= 4 is 5.91 Å². The highest BCUT2D eigenvalue weighted by Crippen LogP contribution is 2.29. The van der Waals surface area contributed by atoms with E-state index >= 15 is 0 Å². The molecule has 116 valence electrons. The number of hydrogen-bond acceptors (Lipinski definition) is 4. The fourth-order valence-electron chi connectivity index (χ4n) is 2.54. The molecule has 1 fully saturated rings. The summed E-state index contributed by atoms with van der Waals surface area (Å²) in [6.07, 6.45) is 2.20. The van der Waals surface area contributed by atoms with Crippen LogP contribution in [0.3, 0.4) is 0 Å². The van der Waals surface area contributed by atoms with Crippen molar-refractivity contribution in [3.05, 3.63) is 35.9 Å². The van der Waals surface area contributed by atoms with Gasteiger partial charge in [-0.1, -0.05) is 30.3 Å². The van der Waals surface area contributed by atoms with E-state index in [9.17, 15) is 4.79 Å². The van der Waals surface area contributed by atoms with Crippen molar-refractivity contribution in [3.63, 3.8) is 0 Å². The van der Waals surface area contributed by atoms with E-state index < -0.39 is 5.54 Å². The summed E-state index contributed by atoms with van der Waals surface area (Å²) in [5.74, 6) is -0.329. The Balaban J connectivity index is 2.24. The Labute approximate surface area is 126 Å². The highest BCUT2D eigenvalue weighted by Gasteiger charge is 2.43. The van der Waals surface area contributed by atoms with Gasteiger partial charge in [-0.3, -0.25) is 10.1 Å². The number of carbonyl (C=O) groups excluding carboxylic acids is 1. The maximum Gasteiger partial charge on any atom is 0.243 e. The second-order valence-electron chi connectivity index (χ2n) is 5.78. The van der Waals surface area contributed by atoms with Gasteiger partial charge in [0.25, 0.3) is 0 Å². The molecule has 0 bridgehead atoms. The summed E-state index contributed by atoms with van der Waals surface area (Å²) in [6, 6.07) is 10.1. The van der Waals surface area contributed by atoms with Gasteiger partial charge in [-0.25, -0.2) is 0 Å². The summed E-state index contributed by atoms with van der Waals surface area (Å²) in [4.78, 5) is 14.4. The van der Waals surface area contributed by atoms with Gasteiger partial charge in [0.15, 0.2) is 0 Å². The van der Waals surface area contributed by atoms with Gasteiger partial charge in [0, 0.05) is 26.2 Å².